The second-order valence-electron chi connectivity index (χ2n) is 7.45. The van der Waals surface area contributed by atoms with E-state index in [2.05, 4.69) is 25.4 Å². The Hall–Kier alpha value is -3.29. The number of anilines is 2. The second kappa shape index (κ2) is 8.81. The molecule has 8 heteroatoms. The summed E-state index contributed by atoms with van der Waals surface area (Å²) in [7, 11) is 0. The van der Waals surface area contributed by atoms with Crippen LogP contribution in [0.4, 0.5) is 11.8 Å². The lowest BCUT2D eigenvalue weighted by atomic mass is 10.2. The zero-order valence-electron chi connectivity index (χ0n) is 16.2. The van der Waals surface area contributed by atoms with Gasteiger partial charge in [0.1, 0.15) is 5.82 Å². The van der Waals surface area contributed by atoms with Crippen LogP contribution in [0.3, 0.4) is 0 Å². The van der Waals surface area contributed by atoms with E-state index in [1.807, 2.05) is 24.5 Å². The first-order chi connectivity index (χ1) is 14.2. The van der Waals surface area contributed by atoms with Crippen molar-refractivity contribution in [1.82, 2.24) is 24.7 Å². The number of nitrogens with two attached hydrogens (primary N) is 1. The Morgan fingerprint density at radius 3 is 2.34 bits per heavy atom. The van der Waals surface area contributed by atoms with Gasteiger partial charge in [-0.05, 0) is 55.4 Å². The molecule has 8 nitrogen and oxygen atoms in total. The van der Waals surface area contributed by atoms with Crippen molar-refractivity contribution in [2.75, 3.05) is 11.1 Å². The molecule has 3 aromatic rings. The van der Waals surface area contributed by atoms with Crippen LogP contribution < -0.4 is 16.6 Å². The summed E-state index contributed by atoms with van der Waals surface area (Å²) in [6.07, 6.45) is 14.5. The Bertz CT molecular complexity index is 975. The van der Waals surface area contributed by atoms with E-state index < -0.39 is 0 Å². The van der Waals surface area contributed by atoms with Crippen LogP contribution in [0.2, 0.25) is 0 Å². The van der Waals surface area contributed by atoms with Crippen LogP contribution in [0.1, 0.15) is 50.0 Å². The number of nitrogens with zero attached hydrogens (tertiary/aromatic N) is 5. The number of nitrogen functional groups attached to an aromatic ring is 1. The van der Waals surface area contributed by atoms with Gasteiger partial charge < -0.3 is 11.1 Å². The van der Waals surface area contributed by atoms with Crippen LogP contribution >= 0.6 is 0 Å². The molecule has 3 heterocycles. The van der Waals surface area contributed by atoms with E-state index in [1.165, 1.54) is 54.8 Å². The summed E-state index contributed by atoms with van der Waals surface area (Å²) in [6.45, 7) is 0. The maximum atomic E-state index is 11.6. The molecule has 150 valence electrons. The number of pyridine rings is 1. The number of aromatic nitrogens is 5. The molecular weight excluding hydrogens is 366 g/mol. The van der Waals surface area contributed by atoms with E-state index in [0.29, 0.717) is 17.7 Å². The predicted molar refractivity (Wildman–Crippen MR) is 112 cm³/mol. The van der Waals surface area contributed by atoms with Gasteiger partial charge in [0.15, 0.2) is 0 Å². The first-order valence-corrected chi connectivity index (χ1v) is 10.0. The van der Waals surface area contributed by atoms with Crippen LogP contribution in [0.5, 0.6) is 0 Å². The topological polar surface area (TPSA) is 112 Å². The molecule has 2 saturated carbocycles. The number of rotatable bonds is 4. The summed E-state index contributed by atoms with van der Waals surface area (Å²) in [5, 5.41) is 7.44. The molecule has 3 aromatic heterocycles. The zero-order chi connectivity index (χ0) is 20.1. The van der Waals surface area contributed by atoms with Crippen LogP contribution in [-0.2, 0) is 0 Å². The van der Waals surface area contributed by atoms with Gasteiger partial charge in [0.05, 0.1) is 11.9 Å². The summed E-state index contributed by atoms with van der Waals surface area (Å²) in [6, 6.07) is 7.41. The fraction of sp³-hybridized carbons (Fsp3) is 0.381. The van der Waals surface area contributed by atoms with Gasteiger partial charge in [-0.1, -0.05) is 12.8 Å². The number of nitrogens with one attached hydrogen (secondary N) is 1. The molecule has 2 fully saturated rings. The van der Waals surface area contributed by atoms with Crippen molar-refractivity contribution in [2.24, 2.45) is 0 Å². The number of hydrogen-bond donors (Lipinski definition) is 2. The Balaban J connectivity index is 0.000000171. The van der Waals surface area contributed by atoms with E-state index >= 15 is 0 Å². The normalized spacial score (nSPS) is 16.1. The molecule has 5 rings (SSSR count). The Kier molecular flexibility index (Phi) is 5.79. The molecule has 2 aliphatic rings. The lowest BCUT2D eigenvalue weighted by Gasteiger charge is -2.12. The predicted octanol–water partition coefficient (Wildman–Crippen LogP) is 2.92. The molecule has 0 amide bonds. The molecule has 0 aromatic carbocycles. The van der Waals surface area contributed by atoms with Crippen molar-refractivity contribution in [3.8, 4) is 5.69 Å². The van der Waals surface area contributed by atoms with Crippen molar-refractivity contribution in [1.29, 1.82) is 0 Å². The SMILES string of the molecule is Nc1ncc(C2CC2)cn1.O=c1cccnn1-c1ccc(NC2CCCC2)nc1. The van der Waals surface area contributed by atoms with Gasteiger partial charge in [0.25, 0.3) is 5.56 Å². The molecule has 0 bridgehead atoms. The van der Waals surface area contributed by atoms with Crippen molar-refractivity contribution < 1.29 is 0 Å². The van der Waals surface area contributed by atoms with Gasteiger partial charge in [0, 0.05) is 30.7 Å². The van der Waals surface area contributed by atoms with Gasteiger partial charge in [-0.2, -0.15) is 9.78 Å². The Morgan fingerprint density at radius 1 is 0.966 bits per heavy atom. The van der Waals surface area contributed by atoms with Gasteiger partial charge in [-0.3, -0.25) is 4.79 Å². The average Bonchev–Trinajstić information content (AvgIpc) is 3.47. The summed E-state index contributed by atoms with van der Waals surface area (Å²) in [5.41, 5.74) is 7.09. The molecule has 0 spiro atoms. The summed E-state index contributed by atoms with van der Waals surface area (Å²) >= 11 is 0. The third kappa shape index (κ3) is 5.16. The van der Waals surface area contributed by atoms with E-state index in [4.69, 9.17) is 5.73 Å². The molecule has 0 radical (unpaired) electrons. The van der Waals surface area contributed by atoms with Crippen molar-refractivity contribution >= 4 is 11.8 Å². The van der Waals surface area contributed by atoms with Crippen LogP contribution in [0.15, 0.2) is 53.8 Å². The highest BCUT2D eigenvalue weighted by Gasteiger charge is 2.23. The maximum Gasteiger partial charge on any atom is 0.271 e. The van der Waals surface area contributed by atoms with Gasteiger partial charge in [-0.15, -0.1) is 0 Å². The minimum absolute atomic E-state index is 0.152. The quantitative estimate of drug-likeness (QED) is 0.703. The van der Waals surface area contributed by atoms with Gasteiger partial charge in [0.2, 0.25) is 5.95 Å². The molecule has 0 aliphatic heterocycles. The fourth-order valence-corrected chi connectivity index (χ4v) is 3.40. The highest BCUT2D eigenvalue weighted by molar-refractivity contribution is 5.41. The summed E-state index contributed by atoms with van der Waals surface area (Å²) in [5.74, 6) is 1.95. The highest BCUT2D eigenvalue weighted by atomic mass is 16.1. The summed E-state index contributed by atoms with van der Waals surface area (Å²) in [4.78, 5) is 23.8. The van der Waals surface area contributed by atoms with E-state index in [1.54, 1.807) is 18.5 Å². The minimum Gasteiger partial charge on any atom is -0.368 e. The van der Waals surface area contributed by atoms with E-state index in [0.717, 1.165) is 11.7 Å². The Labute approximate surface area is 169 Å². The monoisotopic (exact) mass is 391 g/mol. The molecule has 3 N–H and O–H groups in total. The molecule has 29 heavy (non-hydrogen) atoms. The highest BCUT2D eigenvalue weighted by Crippen LogP contribution is 2.39. The molecule has 0 saturated heterocycles. The lowest BCUT2D eigenvalue weighted by Crippen LogP contribution is -2.20. The van der Waals surface area contributed by atoms with Crippen LogP contribution in [-0.4, -0.2) is 30.8 Å². The largest absolute Gasteiger partial charge is 0.368 e. The third-order valence-corrected chi connectivity index (χ3v) is 5.16. The van der Waals surface area contributed by atoms with E-state index in [9.17, 15) is 4.79 Å². The molecule has 0 unspecified atom stereocenters. The molecule has 2 aliphatic carbocycles. The number of hydrogen-bond acceptors (Lipinski definition) is 7. The smallest absolute Gasteiger partial charge is 0.271 e. The zero-order valence-corrected chi connectivity index (χ0v) is 16.2. The summed E-state index contributed by atoms with van der Waals surface area (Å²) < 4.78 is 1.34. The fourth-order valence-electron chi connectivity index (χ4n) is 3.40. The van der Waals surface area contributed by atoms with E-state index in [-0.39, 0.29) is 5.56 Å². The van der Waals surface area contributed by atoms with Crippen LogP contribution in [0, 0.1) is 0 Å². The first kappa shape index (κ1) is 19.0. The standard InChI is InChI=1S/C14H16N4O.C7H9N3/c19-14-6-3-9-16-18(14)12-7-8-13(15-10-12)17-11-4-1-2-5-11;8-7-9-3-6(4-10-7)5-1-2-5/h3,6-11H,1-2,4-5H2,(H,15,17);3-5H,1-2H2,(H2,8,9,10). The third-order valence-electron chi connectivity index (χ3n) is 5.16. The van der Waals surface area contributed by atoms with Crippen molar-refractivity contribution in [2.45, 2.75) is 50.5 Å². The Morgan fingerprint density at radius 2 is 1.72 bits per heavy atom. The second-order valence-corrected chi connectivity index (χ2v) is 7.45. The maximum absolute atomic E-state index is 11.6. The molecule has 0 atom stereocenters. The van der Waals surface area contributed by atoms with Gasteiger partial charge in [-0.25, -0.2) is 15.0 Å². The van der Waals surface area contributed by atoms with Gasteiger partial charge >= 0.3 is 0 Å². The molecular formula is C21H25N7O. The first-order valence-electron chi connectivity index (χ1n) is 10.0. The van der Waals surface area contributed by atoms with Crippen LogP contribution in [0.25, 0.3) is 5.69 Å². The average molecular weight is 391 g/mol. The van der Waals surface area contributed by atoms with Crippen molar-refractivity contribution in [3.05, 3.63) is 65.0 Å². The minimum atomic E-state index is -0.152. The van der Waals surface area contributed by atoms with Crippen molar-refractivity contribution in [3.63, 3.8) is 0 Å². The lowest BCUT2D eigenvalue weighted by molar-refractivity contribution is 0.749.